The molecule has 5 heteroatoms. The minimum absolute atomic E-state index is 0.113. The van der Waals surface area contributed by atoms with Crippen LogP contribution in [-0.2, 0) is 9.53 Å². The van der Waals surface area contributed by atoms with Crippen LogP contribution in [0, 0.1) is 0 Å². The lowest BCUT2D eigenvalue weighted by molar-refractivity contribution is -0.129. The molecule has 0 spiro atoms. The molecule has 116 valence electrons. The molecule has 0 radical (unpaired) electrons. The van der Waals surface area contributed by atoms with E-state index in [1.54, 1.807) is 19.1 Å². The second-order valence-electron chi connectivity index (χ2n) is 5.69. The summed E-state index contributed by atoms with van der Waals surface area (Å²) in [4.78, 5) is 24.1. The minimum atomic E-state index is -0.832. The molecule has 0 unspecified atom stereocenters. The van der Waals surface area contributed by atoms with Gasteiger partial charge in [0.1, 0.15) is 5.58 Å². The molecule has 1 aromatic heterocycles. The van der Waals surface area contributed by atoms with Crippen molar-refractivity contribution in [3.05, 3.63) is 36.1 Å². The number of carbonyl (C=O) groups excluding carboxylic acids is 2. The Hall–Kier alpha value is -2.30. The van der Waals surface area contributed by atoms with Gasteiger partial charge in [0.05, 0.1) is 0 Å². The number of hydrogen-bond acceptors (Lipinski definition) is 4. The van der Waals surface area contributed by atoms with Crippen molar-refractivity contribution in [1.82, 2.24) is 5.32 Å². The molecule has 1 fully saturated rings. The molecule has 1 amide bonds. The van der Waals surface area contributed by atoms with E-state index in [-0.39, 0.29) is 17.7 Å². The molecule has 0 bridgehead atoms. The van der Waals surface area contributed by atoms with Gasteiger partial charge in [0.15, 0.2) is 6.10 Å². The van der Waals surface area contributed by atoms with E-state index in [0.29, 0.717) is 5.58 Å². The van der Waals surface area contributed by atoms with Crippen LogP contribution in [0.25, 0.3) is 11.0 Å². The fourth-order valence-corrected chi connectivity index (χ4v) is 2.74. The number of amides is 1. The SMILES string of the molecule is C[C@@H](OC(=O)c1cc2ccccc2o1)C(=O)NC1CCCC1. The molecule has 1 aliphatic carbocycles. The number of rotatable bonds is 4. The zero-order valence-corrected chi connectivity index (χ0v) is 12.5. The summed E-state index contributed by atoms with van der Waals surface area (Å²) >= 11 is 0. The van der Waals surface area contributed by atoms with Crippen LogP contribution in [0.1, 0.15) is 43.2 Å². The topological polar surface area (TPSA) is 68.5 Å². The number of esters is 1. The molecule has 1 aliphatic rings. The Bertz CT molecular complexity index is 652. The maximum absolute atomic E-state index is 12.1. The average molecular weight is 301 g/mol. The first-order valence-corrected chi connectivity index (χ1v) is 7.63. The molecule has 3 rings (SSSR count). The largest absolute Gasteiger partial charge is 0.449 e. The number of para-hydroxylation sites is 1. The highest BCUT2D eigenvalue weighted by Gasteiger charge is 2.24. The third-order valence-corrected chi connectivity index (χ3v) is 3.98. The van der Waals surface area contributed by atoms with Crippen LogP contribution in [0.15, 0.2) is 34.7 Å². The van der Waals surface area contributed by atoms with Gasteiger partial charge in [0.25, 0.3) is 5.91 Å². The lowest BCUT2D eigenvalue weighted by atomic mass is 10.2. The molecule has 5 nitrogen and oxygen atoms in total. The van der Waals surface area contributed by atoms with Crippen molar-refractivity contribution in [2.45, 2.75) is 44.8 Å². The predicted molar refractivity (Wildman–Crippen MR) is 81.5 cm³/mol. The Morgan fingerprint density at radius 3 is 2.73 bits per heavy atom. The highest BCUT2D eigenvalue weighted by atomic mass is 16.6. The molecule has 1 heterocycles. The van der Waals surface area contributed by atoms with E-state index in [2.05, 4.69) is 5.32 Å². The van der Waals surface area contributed by atoms with Gasteiger partial charge >= 0.3 is 5.97 Å². The van der Waals surface area contributed by atoms with E-state index >= 15 is 0 Å². The van der Waals surface area contributed by atoms with E-state index in [1.807, 2.05) is 18.2 Å². The van der Waals surface area contributed by atoms with Crippen molar-refractivity contribution in [2.24, 2.45) is 0 Å². The van der Waals surface area contributed by atoms with Crippen molar-refractivity contribution in [1.29, 1.82) is 0 Å². The Morgan fingerprint density at radius 1 is 1.27 bits per heavy atom. The van der Waals surface area contributed by atoms with E-state index in [9.17, 15) is 9.59 Å². The molecule has 0 saturated heterocycles. The van der Waals surface area contributed by atoms with E-state index in [0.717, 1.165) is 31.1 Å². The van der Waals surface area contributed by atoms with Gasteiger partial charge in [-0.1, -0.05) is 31.0 Å². The maximum atomic E-state index is 12.1. The molecule has 2 aromatic rings. The van der Waals surface area contributed by atoms with E-state index in [1.165, 1.54) is 0 Å². The van der Waals surface area contributed by atoms with Crippen molar-refractivity contribution in [2.75, 3.05) is 0 Å². The number of ether oxygens (including phenoxy) is 1. The molecule has 1 atom stereocenters. The average Bonchev–Trinajstić information content (AvgIpc) is 3.15. The molecule has 22 heavy (non-hydrogen) atoms. The second-order valence-corrected chi connectivity index (χ2v) is 5.69. The minimum Gasteiger partial charge on any atom is -0.449 e. The van der Waals surface area contributed by atoms with Gasteiger partial charge in [-0.25, -0.2) is 4.79 Å². The van der Waals surface area contributed by atoms with Gasteiger partial charge in [-0.05, 0) is 31.9 Å². The highest BCUT2D eigenvalue weighted by molar-refractivity contribution is 5.94. The molecule has 1 N–H and O–H groups in total. The fraction of sp³-hybridized carbons (Fsp3) is 0.412. The first kappa shape index (κ1) is 14.6. The summed E-state index contributed by atoms with van der Waals surface area (Å²) < 4.78 is 10.6. The summed E-state index contributed by atoms with van der Waals surface area (Å²) in [6.45, 7) is 1.57. The van der Waals surface area contributed by atoms with Gasteiger partial charge in [0, 0.05) is 11.4 Å². The van der Waals surface area contributed by atoms with Crippen LogP contribution in [0.2, 0.25) is 0 Å². The standard InChI is InChI=1S/C17H19NO4/c1-11(16(19)18-13-7-3-4-8-13)21-17(20)15-10-12-6-2-5-9-14(12)22-15/h2,5-6,9-11,13H,3-4,7-8H2,1H3,(H,18,19)/t11-/m1/s1. The van der Waals surface area contributed by atoms with Crippen LogP contribution >= 0.6 is 0 Å². The number of benzene rings is 1. The first-order chi connectivity index (χ1) is 10.6. The summed E-state index contributed by atoms with van der Waals surface area (Å²) in [6.07, 6.45) is 3.43. The van der Waals surface area contributed by atoms with Crippen LogP contribution in [0.5, 0.6) is 0 Å². The Morgan fingerprint density at radius 2 is 2.00 bits per heavy atom. The van der Waals surface area contributed by atoms with Crippen molar-refractivity contribution >= 4 is 22.8 Å². The number of fused-ring (bicyclic) bond motifs is 1. The summed E-state index contributed by atoms with van der Waals surface area (Å²) in [5.74, 6) is -0.761. The van der Waals surface area contributed by atoms with Crippen molar-refractivity contribution in [3.8, 4) is 0 Å². The first-order valence-electron chi connectivity index (χ1n) is 7.63. The smallest absolute Gasteiger partial charge is 0.375 e. The molecule has 0 aliphatic heterocycles. The number of hydrogen-bond donors (Lipinski definition) is 1. The van der Waals surface area contributed by atoms with Gasteiger partial charge in [-0.15, -0.1) is 0 Å². The summed E-state index contributed by atoms with van der Waals surface area (Å²) in [5.41, 5.74) is 0.623. The quantitative estimate of drug-likeness (QED) is 0.881. The second kappa shape index (κ2) is 6.22. The van der Waals surface area contributed by atoms with Crippen LogP contribution in [0.3, 0.4) is 0 Å². The van der Waals surface area contributed by atoms with Crippen LogP contribution in [0.4, 0.5) is 0 Å². The lowest BCUT2D eigenvalue weighted by Gasteiger charge is -2.16. The van der Waals surface area contributed by atoms with Crippen molar-refractivity contribution in [3.63, 3.8) is 0 Å². The monoisotopic (exact) mass is 301 g/mol. The number of furan rings is 1. The number of nitrogens with one attached hydrogen (secondary N) is 1. The lowest BCUT2D eigenvalue weighted by Crippen LogP contribution is -2.40. The Labute approximate surface area is 128 Å². The third kappa shape index (κ3) is 3.13. The molecular weight excluding hydrogens is 282 g/mol. The van der Waals surface area contributed by atoms with Gasteiger partial charge in [-0.3, -0.25) is 4.79 Å². The normalized spacial score (nSPS) is 16.6. The summed E-state index contributed by atoms with van der Waals surface area (Å²) in [7, 11) is 0. The maximum Gasteiger partial charge on any atom is 0.375 e. The zero-order valence-electron chi connectivity index (χ0n) is 12.5. The Balaban J connectivity index is 1.61. The fourth-order valence-electron chi connectivity index (χ4n) is 2.74. The van der Waals surface area contributed by atoms with Gasteiger partial charge in [0.2, 0.25) is 5.76 Å². The van der Waals surface area contributed by atoms with E-state index in [4.69, 9.17) is 9.15 Å². The molecule has 1 saturated carbocycles. The summed E-state index contributed by atoms with van der Waals surface area (Å²) in [5, 5.41) is 3.75. The highest BCUT2D eigenvalue weighted by Crippen LogP contribution is 2.20. The predicted octanol–water partition coefficient (Wildman–Crippen LogP) is 3.04. The van der Waals surface area contributed by atoms with Gasteiger partial charge in [-0.2, -0.15) is 0 Å². The molecular formula is C17H19NO4. The number of carbonyl (C=O) groups is 2. The Kier molecular flexibility index (Phi) is 4.13. The van der Waals surface area contributed by atoms with Gasteiger partial charge < -0.3 is 14.5 Å². The molecule has 1 aromatic carbocycles. The zero-order chi connectivity index (χ0) is 15.5. The summed E-state index contributed by atoms with van der Waals surface area (Å²) in [6, 6.07) is 9.16. The van der Waals surface area contributed by atoms with Crippen LogP contribution < -0.4 is 5.32 Å². The third-order valence-electron chi connectivity index (χ3n) is 3.98. The van der Waals surface area contributed by atoms with E-state index < -0.39 is 12.1 Å². The van der Waals surface area contributed by atoms with Crippen LogP contribution in [-0.4, -0.2) is 24.0 Å². The van der Waals surface area contributed by atoms with Crippen molar-refractivity contribution < 1.29 is 18.7 Å².